The zero-order valence-electron chi connectivity index (χ0n) is 15.6. The van der Waals surface area contributed by atoms with E-state index in [1.165, 1.54) is 24.5 Å². The standard InChI is InChI=1S/C21H20N2O4S/c1-26-13-12-23-17-10-9-16(20(25)27-2)14-18(17)28-21(23)22-19(24)11-8-15-6-4-3-5-7-15/h3-11,14H,12-13H2,1-2H3. The summed E-state index contributed by atoms with van der Waals surface area (Å²) in [6, 6.07) is 14.8. The minimum absolute atomic E-state index is 0.352. The molecule has 28 heavy (non-hydrogen) atoms. The molecule has 0 aliphatic carbocycles. The highest BCUT2D eigenvalue weighted by Gasteiger charge is 2.11. The third-order valence-corrected chi connectivity index (χ3v) is 5.09. The number of methoxy groups -OCH3 is 2. The maximum atomic E-state index is 12.3. The van der Waals surface area contributed by atoms with Gasteiger partial charge in [-0.1, -0.05) is 41.7 Å². The lowest BCUT2D eigenvalue weighted by Crippen LogP contribution is -2.18. The molecule has 0 fully saturated rings. The maximum Gasteiger partial charge on any atom is 0.337 e. The van der Waals surface area contributed by atoms with Gasteiger partial charge in [-0.3, -0.25) is 4.79 Å². The Morgan fingerprint density at radius 1 is 1.14 bits per heavy atom. The summed E-state index contributed by atoms with van der Waals surface area (Å²) < 4.78 is 12.7. The second-order valence-corrected chi connectivity index (χ2v) is 6.91. The summed E-state index contributed by atoms with van der Waals surface area (Å²) in [5, 5.41) is 0. The lowest BCUT2D eigenvalue weighted by Gasteiger charge is -2.04. The predicted molar refractivity (Wildman–Crippen MR) is 109 cm³/mol. The molecule has 0 aliphatic heterocycles. The number of rotatable bonds is 6. The van der Waals surface area contributed by atoms with Gasteiger partial charge in [0.1, 0.15) is 0 Å². The number of ether oxygens (including phenoxy) is 2. The average Bonchev–Trinajstić information content (AvgIpc) is 3.06. The van der Waals surface area contributed by atoms with E-state index in [4.69, 9.17) is 9.47 Å². The van der Waals surface area contributed by atoms with Gasteiger partial charge in [0.25, 0.3) is 5.91 Å². The molecule has 1 aromatic heterocycles. The van der Waals surface area contributed by atoms with Crippen LogP contribution in [-0.2, 0) is 20.8 Å². The first kappa shape index (κ1) is 19.7. The number of carbonyl (C=O) groups excluding carboxylic acids is 2. The van der Waals surface area contributed by atoms with Crippen LogP contribution in [0.25, 0.3) is 16.3 Å². The van der Waals surface area contributed by atoms with Gasteiger partial charge in [0.2, 0.25) is 0 Å². The van der Waals surface area contributed by atoms with Gasteiger partial charge >= 0.3 is 5.97 Å². The van der Waals surface area contributed by atoms with Gasteiger partial charge in [-0.2, -0.15) is 4.99 Å². The monoisotopic (exact) mass is 396 g/mol. The molecule has 0 N–H and O–H groups in total. The summed E-state index contributed by atoms with van der Waals surface area (Å²) in [5.41, 5.74) is 2.27. The fourth-order valence-corrected chi connectivity index (χ4v) is 3.77. The van der Waals surface area contributed by atoms with Crippen molar-refractivity contribution in [2.45, 2.75) is 6.54 Å². The molecule has 3 rings (SSSR count). The number of hydrogen-bond donors (Lipinski definition) is 0. The number of nitrogens with zero attached hydrogens (tertiary/aromatic N) is 2. The van der Waals surface area contributed by atoms with E-state index in [1.54, 1.807) is 25.3 Å². The van der Waals surface area contributed by atoms with Crippen LogP contribution >= 0.6 is 11.3 Å². The topological polar surface area (TPSA) is 69.9 Å². The van der Waals surface area contributed by atoms with Crippen molar-refractivity contribution in [3.8, 4) is 0 Å². The first-order valence-corrected chi connectivity index (χ1v) is 9.46. The molecule has 0 aliphatic rings. The summed E-state index contributed by atoms with van der Waals surface area (Å²) in [6.07, 6.45) is 3.17. The Bertz CT molecular complexity index is 1080. The number of fused-ring (bicyclic) bond motifs is 1. The highest BCUT2D eigenvalue weighted by molar-refractivity contribution is 7.16. The molecule has 3 aromatic rings. The van der Waals surface area contributed by atoms with Crippen LogP contribution in [0.3, 0.4) is 0 Å². The number of aromatic nitrogens is 1. The minimum atomic E-state index is -0.404. The Morgan fingerprint density at radius 2 is 1.93 bits per heavy atom. The smallest absolute Gasteiger partial charge is 0.337 e. The van der Waals surface area contributed by atoms with Crippen molar-refractivity contribution < 1.29 is 19.1 Å². The fourth-order valence-electron chi connectivity index (χ4n) is 2.67. The third kappa shape index (κ3) is 4.62. The number of amides is 1. The molecule has 2 aromatic carbocycles. The van der Waals surface area contributed by atoms with Crippen LogP contribution in [0, 0.1) is 0 Å². The van der Waals surface area contributed by atoms with Crippen molar-refractivity contribution in [2.75, 3.05) is 20.8 Å². The summed E-state index contributed by atoms with van der Waals surface area (Å²) in [5.74, 6) is -0.756. The Hall–Kier alpha value is -3.03. The molecular formula is C21H20N2O4S. The number of esters is 1. The van der Waals surface area contributed by atoms with E-state index in [-0.39, 0.29) is 5.91 Å². The van der Waals surface area contributed by atoms with Crippen molar-refractivity contribution >= 4 is 39.5 Å². The van der Waals surface area contributed by atoms with Crippen LogP contribution < -0.4 is 4.80 Å². The fraction of sp³-hybridized carbons (Fsp3) is 0.190. The second kappa shape index (κ2) is 9.25. The lowest BCUT2D eigenvalue weighted by atomic mass is 10.2. The van der Waals surface area contributed by atoms with Crippen molar-refractivity contribution in [2.24, 2.45) is 4.99 Å². The van der Waals surface area contributed by atoms with Gasteiger partial charge in [0.15, 0.2) is 4.80 Å². The van der Waals surface area contributed by atoms with Gasteiger partial charge in [-0.05, 0) is 29.8 Å². The van der Waals surface area contributed by atoms with E-state index in [9.17, 15) is 9.59 Å². The summed E-state index contributed by atoms with van der Waals surface area (Å²) in [4.78, 5) is 28.9. The van der Waals surface area contributed by atoms with Gasteiger partial charge in [0, 0.05) is 19.7 Å². The SMILES string of the molecule is COCCn1c(=NC(=O)C=Cc2ccccc2)sc2cc(C(=O)OC)ccc21. The molecular weight excluding hydrogens is 376 g/mol. The van der Waals surface area contributed by atoms with Crippen LogP contribution in [0.1, 0.15) is 15.9 Å². The Labute approximate surface area is 166 Å². The molecule has 1 heterocycles. The molecule has 0 saturated carbocycles. The van der Waals surface area contributed by atoms with E-state index >= 15 is 0 Å². The van der Waals surface area contributed by atoms with Crippen molar-refractivity contribution in [1.82, 2.24) is 4.57 Å². The summed E-state index contributed by atoms with van der Waals surface area (Å²) in [7, 11) is 2.97. The van der Waals surface area contributed by atoms with E-state index in [1.807, 2.05) is 41.0 Å². The molecule has 7 heteroatoms. The molecule has 0 spiro atoms. The van der Waals surface area contributed by atoms with Gasteiger partial charge in [-0.15, -0.1) is 0 Å². The minimum Gasteiger partial charge on any atom is -0.465 e. The van der Waals surface area contributed by atoms with Crippen molar-refractivity contribution in [3.63, 3.8) is 0 Å². The molecule has 6 nitrogen and oxygen atoms in total. The summed E-state index contributed by atoms with van der Waals surface area (Å²) in [6.45, 7) is 1.02. The number of thiazole rings is 1. The highest BCUT2D eigenvalue weighted by Crippen LogP contribution is 2.20. The quantitative estimate of drug-likeness (QED) is 0.474. The maximum absolute atomic E-state index is 12.3. The Kier molecular flexibility index (Phi) is 6.52. The molecule has 0 saturated heterocycles. The van der Waals surface area contributed by atoms with E-state index < -0.39 is 5.97 Å². The van der Waals surface area contributed by atoms with Crippen LogP contribution in [0.15, 0.2) is 59.6 Å². The van der Waals surface area contributed by atoms with Crippen LogP contribution in [0.4, 0.5) is 0 Å². The Morgan fingerprint density at radius 3 is 2.64 bits per heavy atom. The predicted octanol–water partition coefficient (Wildman–Crippen LogP) is 3.28. The van der Waals surface area contributed by atoms with Gasteiger partial charge < -0.3 is 14.0 Å². The molecule has 0 bridgehead atoms. The van der Waals surface area contributed by atoms with Crippen LogP contribution in [0.2, 0.25) is 0 Å². The van der Waals surface area contributed by atoms with Crippen molar-refractivity contribution in [1.29, 1.82) is 0 Å². The third-order valence-electron chi connectivity index (χ3n) is 4.05. The molecule has 0 unspecified atom stereocenters. The zero-order chi connectivity index (χ0) is 19.9. The largest absolute Gasteiger partial charge is 0.465 e. The van der Waals surface area contributed by atoms with Gasteiger partial charge in [0.05, 0.1) is 29.5 Å². The first-order chi connectivity index (χ1) is 13.6. The lowest BCUT2D eigenvalue weighted by molar-refractivity contribution is -0.113. The second-order valence-electron chi connectivity index (χ2n) is 5.90. The molecule has 0 radical (unpaired) electrons. The van der Waals surface area contributed by atoms with Crippen LogP contribution in [0.5, 0.6) is 0 Å². The van der Waals surface area contributed by atoms with E-state index in [2.05, 4.69) is 4.99 Å². The normalized spacial score (nSPS) is 12.0. The van der Waals surface area contributed by atoms with E-state index in [0.29, 0.717) is 23.5 Å². The number of benzene rings is 2. The van der Waals surface area contributed by atoms with Crippen molar-refractivity contribution in [3.05, 3.63) is 70.5 Å². The Balaban J connectivity index is 1.99. The van der Waals surface area contributed by atoms with E-state index in [0.717, 1.165) is 15.8 Å². The van der Waals surface area contributed by atoms with Crippen LogP contribution in [-0.4, -0.2) is 37.3 Å². The van der Waals surface area contributed by atoms with Gasteiger partial charge in [-0.25, -0.2) is 4.79 Å². The molecule has 0 atom stereocenters. The zero-order valence-corrected chi connectivity index (χ0v) is 16.4. The number of hydrogen-bond acceptors (Lipinski definition) is 5. The average molecular weight is 396 g/mol. The summed E-state index contributed by atoms with van der Waals surface area (Å²) >= 11 is 1.34. The molecule has 144 valence electrons. The molecule has 1 amide bonds. The number of carbonyl (C=O) groups is 2. The highest BCUT2D eigenvalue weighted by atomic mass is 32.1. The first-order valence-electron chi connectivity index (χ1n) is 8.65.